The van der Waals surface area contributed by atoms with E-state index in [0.29, 0.717) is 28.8 Å². The van der Waals surface area contributed by atoms with E-state index in [1.807, 2.05) is 6.92 Å². The van der Waals surface area contributed by atoms with Crippen LogP contribution in [0.2, 0.25) is 0 Å². The molecule has 1 saturated heterocycles. The van der Waals surface area contributed by atoms with Crippen LogP contribution in [0.5, 0.6) is 11.5 Å². The Kier molecular flexibility index (Phi) is 9.09. The molecule has 1 aromatic carbocycles. The molecule has 1 aliphatic rings. The summed E-state index contributed by atoms with van der Waals surface area (Å²) in [7, 11) is 1.54. The fourth-order valence-electron chi connectivity index (χ4n) is 2.64. The highest BCUT2D eigenvalue weighted by Gasteiger charge is 2.12. The van der Waals surface area contributed by atoms with Crippen molar-refractivity contribution in [3.05, 3.63) is 23.8 Å². The van der Waals surface area contributed by atoms with Gasteiger partial charge in [-0.3, -0.25) is 20.5 Å². The smallest absolute Gasteiger partial charge is 0.269 e. The molecule has 0 radical (unpaired) electrons. The number of hydrogen-bond donors (Lipinski definition) is 3. The fourth-order valence-corrected chi connectivity index (χ4v) is 2.80. The molecule has 0 bridgehead atoms. The Morgan fingerprint density at radius 3 is 2.74 bits per heavy atom. The summed E-state index contributed by atoms with van der Waals surface area (Å²) >= 11 is 5.18. The summed E-state index contributed by atoms with van der Waals surface area (Å²) in [5.74, 6) is 0.795. The molecule has 27 heavy (non-hydrogen) atoms. The van der Waals surface area contributed by atoms with Crippen LogP contribution >= 0.6 is 12.2 Å². The predicted octanol–water partition coefficient (Wildman–Crippen LogP) is 0.925. The number of amides is 1. The number of benzene rings is 1. The van der Waals surface area contributed by atoms with Crippen molar-refractivity contribution < 1.29 is 19.0 Å². The first kappa shape index (κ1) is 21.2. The van der Waals surface area contributed by atoms with Gasteiger partial charge in [-0.2, -0.15) is 0 Å². The zero-order valence-corrected chi connectivity index (χ0v) is 16.7. The highest BCUT2D eigenvalue weighted by atomic mass is 32.1. The Hall–Kier alpha value is -2.10. The Balaban J connectivity index is 1.68. The Morgan fingerprint density at radius 1 is 1.26 bits per heavy atom. The van der Waals surface area contributed by atoms with Crippen molar-refractivity contribution in [2.75, 3.05) is 53.1 Å². The maximum atomic E-state index is 12.2. The summed E-state index contributed by atoms with van der Waals surface area (Å²) in [6.45, 7) is 7.70. The van der Waals surface area contributed by atoms with Crippen LogP contribution in [0, 0.1) is 0 Å². The summed E-state index contributed by atoms with van der Waals surface area (Å²) in [6, 6.07) is 5.00. The van der Waals surface area contributed by atoms with Crippen LogP contribution in [0.4, 0.5) is 0 Å². The quantitative estimate of drug-likeness (QED) is 0.340. The third-order valence-electron chi connectivity index (χ3n) is 4.06. The van der Waals surface area contributed by atoms with E-state index in [9.17, 15) is 4.79 Å². The second-order valence-electron chi connectivity index (χ2n) is 5.94. The normalized spacial score (nSPS) is 14.3. The van der Waals surface area contributed by atoms with Crippen LogP contribution in [-0.2, 0) is 4.74 Å². The second-order valence-corrected chi connectivity index (χ2v) is 6.35. The average molecular weight is 397 g/mol. The standard InChI is InChI=1S/C18H28N4O4S/c1-3-26-15-6-5-14(13-16(15)24-2)17(23)20-21-18(27)19-7-4-8-22-9-11-25-12-10-22/h5-6,13H,3-4,7-12H2,1-2H3,(H,20,23)(H2,19,21,27). The Morgan fingerprint density at radius 2 is 2.04 bits per heavy atom. The van der Waals surface area contributed by atoms with Gasteiger partial charge in [-0.05, 0) is 50.3 Å². The largest absolute Gasteiger partial charge is 0.493 e. The molecule has 1 fully saturated rings. The molecule has 0 aromatic heterocycles. The number of methoxy groups -OCH3 is 1. The summed E-state index contributed by atoms with van der Waals surface area (Å²) in [4.78, 5) is 14.6. The van der Waals surface area contributed by atoms with Crippen molar-refractivity contribution in [3.8, 4) is 11.5 Å². The van der Waals surface area contributed by atoms with Gasteiger partial charge in [-0.1, -0.05) is 0 Å². The van der Waals surface area contributed by atoms with Gasteiger partial charge in [0.15, 0.2) is 16.6 Å². The maximum absolute atomic E-state index is 12.2. The van der Waals surface area contributed by atoms with Gasteiger partial charge in [0, 0.05) is 25.2 Å². The van der Waals surface area contributed by atoms with Gasteiger partial charge in [-0.25, -0.2) is 0 Å². The van der Waals surface area contributed by atoms with Crippen LogP contribution < -0.4 is 25.6 Å². The van der Waals surface area contributed by atoms with Gasteiger partial charge < -0.3 is 19.5 Å². The third-order valence-corrected chi connectivity index (χ3v) is 4.30. The minimum atomic E-state index is -0.311. The molecule has 0 atom stereocenters. The summed E-state index contributed by atoms with van der Waals surface area (Å²) < 4.78 is 16.0. The highest BCUT2D eigenvalue weighted by Crippen LogP contribution is 2.27. The Bertz CT molecular complexity index is 623. The molecule has 1 aliphatic heterocycles. The number of carbonyl (C=O) groups is 1. The average Bonchev–Trinajstić information content (AvgIpc) is 2.70. The van der Waals surface area contributed by atoms with Crippen LogP contribution in [0.25, 0.3) is 0 Å². The van der Waals surface area contributed by atoms with Gasteiger partial charge in [0.05, 0.1) is 26.9 Å². The molecule has 1 aromatic rings. The van der Waals surface area contributed by atoms with Crippen molar-refractivity contribution in [1.82, 2.24) is 21.1 Å². The topological polar surface area (TPSA) is 84.1 Å². The lowest BCUT2D eigenvalue weighted by atomic mass is 10.2. The number of hydrazine groups is 1. The van der Waals surface area contributed by atoms with Crippen molar-refractivity contribution in [2.45, 2.75) is 13.3 Å². The van der Waals surface area contributed by atoms with E-state index in [1.54, 1.807) is 18.2 Å². The van der Waals surface area contributed by atoms with E-state index < -0.39 is 0 Å². The number of morpholine rings is 1. The zero-order chi connectivity index (χ0) is 19.5. The molecule has 2 rings (SSSR count). The van der Waals surface area contributed by atoms with E-state index in [1.165, 1.54) is 7.11 Å². The number of nitrogens with one attached hydrogen (secondary N) is 3. The molecule has 1 heterocycles. The van der Waals surface area contributed by atoms with Gasteiger partial charge in [-0.15, -0.1) is 0 Å². The van der Waals surface area contributed by atoms with E-state index in [-0.39, 0.29) is 5.91 Å². The molecule has 0 unspecified atom stereocenters. The summed E-state index contributed by atoms with van der Waals surface area (Å²) in [5, 5.41) is 3.46. The summed E-state index contributed by atoms with van der Waals surface area (Å²) in [6.07, 6.45) is 0.964. The van der Waals surface area contributed by atoms with Gasteiger partial charge >= 0.3 is 0 Å². The second kappa shape index (κ2) is 11.6. The van der Waals surface area contributed by atoms with E-state index in [4.69, 9.17) is 26.4 Å². The van der Waals surface area contributed by atoms with Gasteiger partial charge in [0.25, 0.3) is 5.91 Å². The maximum Gasteiger partial charge on any atom is 0.269 e. The van der Waals surface area contributed by atoms with E-state index in [0.717, 1.165) is 45.8 Å². The van der Waals surface area contributed by atoms with Crippen LogP contribution in [-0.4, -0.2) is 69.0 Å². The molecule has 9 heteroatoms. The van der Waals surface area contributed by atoms with Gasteiger partial charge in [0.2, 0.25) is 0 Å². The number of ether oxygens (including phenoxy) is 3. The van der Waals surface area contributed by atoms with E-state index in [2.05, 4.69) is 21.1 Å². The molecule has 8 nitrogen and oxygen atoms in total. The highest BCUT2D eigenvalue weighted by molar-refractivity contribution is 7.80. The van der Waals surface area contributed by atoms with Crippen molar-refractivity contribution in [3.63, 3.8) is 0 Å². The van der Waals surface area contributed by atoms with Crippen molar-refractivity contribution in [1.29, 1.82) is 0 Å². The number of hydrogen-bond acceptors (Lipinski definition) is 6. The third kappa shape index (κ3) is 7.20. The predicted molar refractivity (Wildman–Crippen MR) is 107 cm³/mol. The fraction of sp³-hybridized carbons (Fsp3) is 0.556. The van der Waals surface area contributed by atoms with E-state index >= 15 is 0 Å². The van der Waals surface area contributed by atoms with Crippen molar-refractivity contribution in [2.24, 2.45) is 0 Å². The number of carbonyl (C=O) groups excluding carboxylic acids is 1. The zero-order valence-electron chi connectivity index (χ0n) is 15.9. The van der Waals surface area contributed by atoms with Crippen molar-refractivity contribution >= 4 is 23.2 Å². The number of rotatable bonds is 8. The molecule has 0 aliphatic carbocycles. The first-order chi connectivity index (χ1) is 13.1. The minimum Gasteiger partial charge on any atom is -0.493 e. The number of thiocarbonyl (C=S) groups is 1. The lowest BCUT2D eigenvalue weighted by Gasteiger charge is -2.26. The first-order valence-corrected chi connectivity index (χ1v) is 9.50. The molecular formula is C18H28N4O4S. The lowest BCUT2D eigenvalue weighted by molar-refractivity contribution is 0.0376. The monoisotopic (exact) mass is 396 g/mol. The molecular weight excluding hydrogens is 368 g/mol. The van der Waals surface area contributed by atoms with Gasteiger partial charge in [0.1, 0.15) is 0 Å². The SMILES string of the molecule is CCOc1ccc(C(=O)NNC(=S)NCCCN2CCOCC2)cc1OC. The minimum absolute atomic E-state index is 0.311. The molecule has 3 N–H and O–H groups in total. The molecule has 150 valence electrons. The molecule has 0 saturated carbocycles. The first-order valence-electron chi connectivity index (χ1n) is 9.09. The van der Waals surface area contributed by atoms with Crippen LogP contribution in [0.3, 0.4) is 0 Å². The molecule has 0 spiro atoms. The Labute approximate surface area is 165 Å². The summed E-state index contributed by atoms with van der Waals surface area (Å²) in [5.41, 5.74) is 5.73. The van der Waals surface area contributed by atoms with Crippen LogP contribution in [0.15, 0.2) is 18.2 Å². The lowest BCUT2D eigenvalue weighted by Crippen LogP contribution is -2.47. The van der Waals surface area contributed by atoms with Crippen LogP contribution in [0.1, 0.15) is 23.7 Å². The number of nitrogens with zero attached hydrogens (tertiary/aromatic N) is 1. The molecule has 1 amide bonds.